The Morgan fingerprint density at radius 1 is 1.00 bits per heavy atom. The number of carbonyl (C=O) groups is 1. The second kappa shape index (κ2) is 10.3. The third kappa shape index (κ3) is 5.12. The molecule has 1 aliphatic rings. The zero-order valence-corrected chi connectivity index (χ0v) is 20.5. The highest BCUT2D eigenvalue weighted by atomic mass is 16.2. The summed E-state index contributed by atoms with van der Waals surface area (Å²) >= 11 is 0. The van der Waals surface area contributed by atoms with E-state index in [4.69, 9.17) is 0 Å². The van der Waals surface area contributed by atoms with Gasteiger partial charge in [-0.2, -0.15) is 5.10 Å². The van der Waals surface area contributed by atoms with Crippen molar-refractivity contribution in [2.45, 2.75) is 52.6 Å². The number of aromatic nitrogens is 3. The van der Waals surface area contributed by atoms with Crippen LogP contribution in [0.4, 0.5) is 0 Å². The van der Waals surface area contributed by atoms with Gasteiger partial charge >= 0.3 is 5.69 Å². The van der Waals surface area contributed by atoms with Crippen LogP contribution in [0.5, 0.6) is 0 Å². The van der Waals surface area contributed by atoms with E-state index in [0.29, 0.717) is 12.3 Å². The molecule has 2 aromatic carbocycles. The molecule has 1 atom stereocenters. The third-order valence-corrected chi connectivity index (χ3v) is 6.33. The van der Waals surface area contributed by atoms with Gasteiger partial charge in [-0.05, 0) is 55.0 Å². The monoisotopic (exact) mass is 458 g/mol. The lowest BCUT2D eigenvalue weighted by molar-refractivity contribution is -0.125. The van der Waals surface area contributed by atoms with Crippen LogP contribution in [0.3, 0.4) is 0 Å². The molecule has 0 saturated heterocycles. The predicted octanol–water partition coefficient (Wildman–Crippen LogP) is 5.06. The Labute approximate surface area is 201 Å². The van der Waals surface area contributed by atoms with Crippen LogP contribution in [0.25, 0.3) is 11.3 Å². The van der Waals surface area contributed by atoms with E-state index in [9.17, 15) is 9.59 Å². The summed E-state index contributed by atoms with van der Waals surface area (Å²) in [7, 11) is 0. The van der Waals surface area contributed by atoms with Crippen molar-refractivity contribution in [1.82, 2.24) is 19.2 Å². The fraction of sp³-hybridized carbons (Fsp3) is 0.393. The highest BCUT2D eigenvalue weighted by Crippen LogP contribution is 2.30. The van der Waals surface area contributed by atoms with Crippen molar-refractivity contribution < 1.29 is 4.79 Å². The molecule has 0 bridgehead atoms. The van der Waals surface area contributed by atoms with Crippen LogP contribution in [-0.4, -0.2) is 38.1 Å². The Balaban J connectivity index is 1.51. The maximum absolute atomic E-state index is 13.2. The van der Waals surface area contributed by atoms with Crippen molar-refractivity contribution in [2.75, 3.05) is 13.1 Å². The molecular formula is C28H34N4O2. The Bertz CT molecular complexity index is 1200. The van der Waals surface area contributed by atoms with E-state index in [0.717, 1.165) is 36.3 Å². The van der Waals surface area contributed by atoms with Gasteiger partial charge in [0.25, 0.3) is 0 Å². The van der Waals surface area contributed by atoms with Gasteiger partial charge in [0, 0.05) is 19.5 Å². The molecule has 0 radical (unpaired) electrons. The van der Waals surface area contributed by atoms with Gasteiger partial charge in [0.2, 0.25) is 0 Å². The lowest BCUT2D eigenvalue weighted by atomic mass is 9.92. The second-order valence-corrected chi connectivity index (χ2v) is 9.72. The van der Waals surface area contributed by atoms with Gasteiger partial charge < -0.3 is 0 Å². The smallest absolute Gasteiger partial charge is 0.298 e. The Morgan fingerprint density at radius 2 is 1.71 bits per heavy atom. The summed E-state index contributed by atoms with van der Waals surface area (Å²) in [5.74, 6) is 0.628. The first-order chi connectivity index (χ1) is 16.3. The molecule has 0 aliphatic carbocycles. The molecule has 0 fully saturated rings. The number of hydrogen-bond acceptors (Lipinski definition) is 4. The highest BCUT2D eigenvalue weighted by Gasteiger charge is 2.29. The van der Waals surface area contributed by atoms with E-state index in [1.165, 1.54) is 10.3 Å². The summed E-state index contributed by atoms with van der Waals surface area (Å²) in [6.45, 7) is 9.65. The number of benzene rings is 2. The van der Waals surface area contributed by atoms with Crippen molar-refractivity contribution >= 4 is 11.4 Å². The van der Waals surface area contributed by atoms with Gasteiger partial charge in [-0.3, -0.25) is 9.69 Å². The number of hydrogen-bond donors (Lipinski definition) is 0. The third-order valence-electron chi connectivity index (χ3n) is 6.33. The predicted molar refractivity (Wildman–Crippen MR) is 136 cm³/mol. The average molecular weight is 459 g/mol. The van der Waals surface area contributed by atoms with Crippen LogP contribution >= 0.6 is 0 Å². The molecule has 6 nitrogen and oxygen atoms in total. The Morgan fingerprint density at radius 3 is 2.26 bits per heavy atom. The molecule has 0 spiro atoms. The van der Waals surface area contributed by atoms with E-state index in [1.54, 1.807) is 10.9 Å². The van der Waals surface area contributed by atoms with Crippen molar-refractivity contribution in [3.05, 3.63) is 88.6 Å². The molecule has 34 heavy (non-hydrogen) atoms. The van der Waals surface area contributed by atoms with E-state index in [2.05, 4.69) is 54.2 Å². The Kier molecular flexibility index (Phi) is 7.27. The quantitative estimate of drug-likeness (QED) is 0.473. The van der Waals surface area contributed by atoms with Crippen LogP contribution in [0.1, 0.15) is 63.7 Å². The van der Waals surface area contributed by atoms with E-state index < -0.39 is 0 Å². The molecule has 178 valence electrons. The second-order valence-electron chi connectivity index (χ2n) is 9.72. The summed E-state index contributed by atoms with van der Waals surface area (Å²) < 4.78 is 3.06. The summed E-state index contributed by atoms with van der Waals surface area (Å²) in [5.41, 5.74) is 4.17. The zero-order valence-electron chi connectivity index (χ0n) is 20.5. The molecule has 1 aromatic heterocycles. The normalized spacial score (nSPS) is 15.5. The maximum atomic E-state index is 13.2. The summed E-state index contributed by atoms with van der Waals surface area (Å²) in [6, 6.07) is 18.0. The molecule has 3 aromatic rings. The van der Waals surface area contributed by atoms with E-state index in [-0.39, 0.29) is 23.6 Å². The molecule has 2 heterocycles. The van der Waals surface area contributed by atoms with Crippen LogP contribution in [0.2, 0.25) is 0 Å². The fourth-order valence-corrected chi connectivity index (χ4v) is 4.62. The number of rotatable bonds is 8. The van der Waals surface area contributed by atoms with Gasteiger partial charge in [-0.15, -0.1) is 0 Å². The highest BCUT2D eigenvalue weighted by molar-refractivity contribution is 5.85. The van der Waals surface area contributed by atoms with Crippen molar-refractivity contribution in [2.24, 2.45) is 5.92 Å². The van der Waals surface area contributed by atoms with Crippen molar-refractivity contribution in [3.8, 4) is 5.69 Å². The number of ketones is 1. The largest absolute Gasteiger partial charge is 0.350 e. The van der Waals surface area contributed by atoms with Crippen molar-refractivity contribution in [1.29, 1.82) is 0 Å². The Hall–Kier alpha value is -3.25. The molecule has 0 saturated carbocycles. The molecule has 0 amide bonds. The SMILES string of the molecule is CC(C)CC(=O)C(c1ccccc1)N1CC=C(c2ccc(-n3cnn(C(C)C)c3=O)cc2)CC1. The first kappa shape index (κ1) is 23.9. The lowest BCUT2D eigenvalue weighted by Crippen LogP contribution is -2.37. The van der Waals surface area contributed by atoms with Gasteiger partial charge in [0.1, 0.15) is 6.33 Å². The zero-order chi connectivity index (χ0) is 24.2. The van der Waals surface area contributed by atoms with Crippen LogP contribution in [-0.2, 0) is 4.79 Å². The number of Topliss-reactive ketones (excluding diaryl/α,β-unsaturated/α-hetero) is 1. The minimum atomic E-state index is -0.201. The minimum Gasteiger partial charge on any atom is -0.298 e. The standard InChI is InChI=1S/C28H34N4O2/c1-20(2)18-26(33)27(24-8-6-5-7-9-24)30-16-14-23(15-17-30)22-10-12-25(13-11-22)31-19-29-32(21(3)4)28(31)34/h5-14,19-21,27H,15-18H2,1-4H3. The van der Waals surface area contributed by atoms with Crippen LogP contribution in [0, 0.1) is 5.92 Å². The van der Waals surface area contributed by atoms with Crippen LogP contribution in [0.15, 0.2) is 71.8 Å². The van der Waals surface area contributed by atoms with Gasteiger partial charge in [0.05, 0.1) is 17.8 Å². The summed E-state index contributed by atoms with van der Waals surface area (Å²) in [4.78, 5) is 28.0. The van der Waals surface area contributed by atoms with Crippen molar-refractivity contribution in [3.63, 3.8) is 0 Å². The average Bonchev–Trinajstić information content (AvgIpc) is 3.22. The topological polar surface area (TPSA) is 60.1 Å². The molecular weight excluding hydrogens is 424 g/mol. The number of nitrogens with zero attached hydrogens (tertiary/aromatic N) is 4. The van der Waals surface area contributed by atoms with Crippen LogP contribution < -0.4 is 5.69 Å². The summed E-state index contributed by atoms with van der Waals surface area (Å²) in [6.07, 6.45) is 5.27. The number of carbonyl (C=O) groups excluding carboxylic acids is 1. The molecule has 1 aliphatic heterocycles. The van der Waals surface area contributed by atoms with E-state index in [1.807, 2.05) is 44.2 Å². The fourth-order valence-electron chi connectivity index (χ4n) is 4.62. The lowest BCUT2D eigenvalue weighted by Gasteiger charge is -2.34. The van der Waals surface area contributed by atoms with Gasteiger partial charge in [-0.1, -0.05) is 62.4 Å². The molecule has 1 unspecified atom stereocenters. The van der Waals surface area contributed by atoms with Gasteiger partial charge in [-0.25, -0.2) is 14.0 Å². The molecule has 0 N–H and O–H groups in total. The first-order valence-corrected chi connectivity index (χ1v) is 12.1. The first-order valence-electron chi connectivity index (χ1n) is 12.1. The van der Waals surface area contributed by atoms with Gasteiger partial charge in [0.15, 0.2) is 5.78 Å². The molecule has 6 heteroatoms. The summed E-state index contributed by atoms with van der Waals surface area (Å²) in [5, 5.41) is 4.21. The maximum Gasteiger partial charge on any atom is 0.350 e. The van der Waals surface area contributed by atoms with E-state index >= 15 is 0 Å². The minimum absolute atomic E-state index is 0.0236. The molecule has 4 rings (SSSR count).